The van der Waals surface area contributed by atoms with Crippen LogP contribution in [-0.4, -0.2) is 235 Å². The summed E-state index contributed by atoms with van der Waals surface area (Å²) < 4.78 is 0. The summed E-state index contributed by atoms with van der Waals surface area (Å²) in [4.78, 5) is 25.8. The second-order valence-corrected chi connectivity index (χ2v) is 34.3. The van der Waals surface area contributed by atoms with Crippen LogP contribution in [0.3, 0.4) is 0 Å². The highest BCUT2D eigenvalue weighted by molar-refractivity contribution is 4.90. The number of rotatable bonds is 15. The molecular formula is C85H180N10. The zero-order valence-corrected chi connectivity index (χ0v) is 70.8. The molecular weight excluding hydrogens is 1160 g/mol. The molecule has 95 heavy (non-hydrogen) atoms. The Bertz CT molecular complexity index is 1750. The molecule has 10 nitrogen and oxygen atoms in total. The van der Waals surface area contributed by atoms with Crippen LogP contribution in [0.15, 0.2) is 0 Å². The molecule has 0 spiro atoms. The van der Waals surface area contributed by atoms with Gasteiger partial charge in [-0.15, -0.1) is 0 Å². The number of hydrogen-bond donors (Lipinski definition) is 0. The van der Waals surface area contributed by atoms with Crippen LogP contribution in [0.5, 0.6) is 0 Å². The van der Waals surface area contributed by atoms with E-state index >= 15 is 0 Å². The molecule has 10 aliphatic heterocycles. The van der Waals surface area contributed by atoms with Crippen LogP contribution in [-0.2, 0) is 0 Å². The van der Waals surface area contributed by atoms with Gasteiger partial charge in [-0.2, -0.15) is 0 Å². The van der Waals surface area contributed by atoms with Crippen LogP contribution in [0, 0.1) is 0 Å². The Balaban J connectivity index is 0.000000529. The molecule has 10 heteroatoms. The Hall–Kier alpha value is -0.400. The molecule has 0 N–H and O–H groups in total. The Morgan fingerprint density at radius 1 is 0.189 bits per heavy atom. The minimum absolute atomic E-state index is 0.739. The van der Waals surface area contributed by atoms with Gasteiger partial charge >= 0.3 is 0 Å². The quantitative estimate of drug-likeness (QED) is 0.148. The average molecular weight is 1340 g/mol. The van der Waals surface area contributed by atoms with Gasteiger partial charge in [0.15, 0.2) is 0 Å². The summed E-state index contributed by atoms with van der Waals surface area (Å²) in [5.41, 5.74) is 0. The molecule has 10 fully saturated rings. The number of piperidine rings is 2. The molecule has 10 heterocycles. The fourth-order valence-corrected chi connectivity index (χ4v) is 17.2. The Labute approximate surface area is 600 Å². The van der Waals surface area contributed by atoms with E-state index in [1.807, 2.05) is 0 Å². The topological polar surface area (TPSA) is 31.9 Å². The van der Waals surface area contributed by atoms with Gasteiger partial charge in [-0.25, -0.2) is 0 Å². The highest BCUT2D eigenvalue weighted by Crippen LogP contribution is 2.27. The van der Waals surface area contributed by atoms with Crippen molar-refractivity contribution in [3.63, 3.8) is 0 Å². The highest BCUT2D eigenvalue weighted by Gasteiger charge is 2.34. The lowest BCUT2D eigenvalue weighted by atomic mass is 9.98. The summed E-state index contributed by atoms with van der Waals surface area (Å²) in [5.74, 6) is 0. The summed E-state index contributed by atoms with van der Waals surface area (Å²) >= 11 is 0. The predicted molar refractivity (Wildman–Crippen MR) is 428 cm³/mol. The monoisotopic (exact) mass is 1340 g/mol. The van der Waals surface area contributed by atoms with Gasteiger partial charge in [0.2, 0.25) is 0 Å². The van der Waals surface area contributed by atoms with Gasteiger partial charge in [0.05, 0.1) is 0 Å². The molecule has 10 aliphatic rings. The van der Waals surface area contributed by atoms with Gasteiger partial charge < -0.3 is 0 Å². The minimum Gasteiger partial charge on any atom is -0.298 e. The number of likely N-dealkylation sites (tertiary alicyclic amines) is 8. The van der Waals surface area contributed by atoms with E-state index in [-0.39, 0.29) is 0 Å². The maximum Gasteiger partial charge on any atom is 0.0224 e. The molecule has 10 rings (SSSR count). The molecule has 0 aliphatic carbocycles. The van der Waals surface area contributed by atoms with Crippen molar-refractivity contribution in [3.05, 3.63) is 0 Å². The number of nitrogens with zero attached hydrogens (tertiary/aromatic N) is 10. The first-order valence-electron chi connectivity index (χ1n) is 42.4. The molecule has 570 valence electrons. The van der Waals surface area contributed by atoms with E-state index in [4.69, 9.17) is 0 Å². The fourth-order valence-electron chi connectivity index (χ4n) is 17.2. The van der Waals surface area contributed by atoms with Gasteiger partial charge in [0, 0.05) is 147 Å². The van der Waals surface area contributed by atoms with Crippen molar-refractivity contribution >= 4 is 0 Å². The van der Waals surface area contributed by atoms with Crippen LogP contribution < -0.4 is 0 Å². The summed E-state index contributed by atoms with van der Waals surface area (Å²) in [6, 6.07) is 16.3. The second-order valence-electron chi connectivity index (χ2n) is 34.3. The van der Waals surface area contributed by atoms with Crippen molar-refractivity contribution in [1.82, 2.24) is 49.0 Å². The van der Waals surface area contributed by atoms with E-state index < -0.39 is 0 Å². The summed E-state index contributed by atoms with van der Waals surface area (Å²) in [6.45, 7) is 82.0. The first-order chi connectivity index (χ1) is 44.8. The predicted octanol–water partition coefficient (Wildman–Crippen LogP) is 20.7. The van der Waals surface area contributed by atoms with Crippen LogP contribution in [0.25, 0.3) is 0 Å². The van der Waals surface area contributed by atoms with Gasteiger partial charge in [0.1, 0.15) is 0 Å². The third-order valence-corrected chi connectivity index (χ3v) is 23.8. The molecule has 10 saturated heterocycles. The maximum atomic E-state index is 2.69. The highest BCUT2D eigenvalue weighted by atomic mass is 15.3. The lowest BCUT2D eigenvalue weighted by Gasteiger charge is -2.43. The zero-order valence-electron chi connectivity index (χ0n) is 70.8. The van der Waals surface area contributed by atoms with Crippen molar-refractivity contribution in [3.8, 4) is 0 Å². The van der Waals surface area contributed by atoms with Crippen LogP contribution >= 0.6 is 0 Å². The standard InChI is InChI=1S/C11H23N.2C10H21N.2C9H19N.2C8H17N.2C7H15N.C6H13N/c1-4-11-8-6-5-7-9-12(11)10(2)3;1-9(2)11-8-6-4-5-7-10(11)3;1-4-10-7-5-6-8-11(10)9(2)3;1-8(2)10-7-5-4-6-9(10)3;1-4-9-6-5-7-10(9)8(2)3;1-7(2)9-6-4-5-8(9)3;1-4-8-5-6-9(8)7(2)3;1-6(2)8-5-4-7(8)3;1-4-7-5-8(7)6(2)3;1-5(2)7-4-6(7)3/h10-11H,4-9H2,1-3H3;2*9-10H,4-8H2,1-3H3;2*8-9H,4-7H2,1-3H3;2*7-8H,4-6H2,1-3H3;2*6-7H,4-5H2,1-3H3;5-6H,4H2,1-3H3. The van der Waals surface area contributed by atoms with Crippen molar-refractivity contribution in [2.45, 2.75) is 489 Å². The Kier molecular flexibility index (Phi) is 50.4. The summed E-state index contributed by atoms with van der Waals surface area (Å²) in [5, 5.41) is 0. The SMILES string of the molecule is CC(C)N1CC1C.CC(C)N1CCC1C.CC(C)N1CCCC1C.CC(C)N1CCCCC1C.CC(C)N1CCCCCC1C.CCC1CCCCCN1C(C)C.CCC1CCCCN1C(C)C.CCC1CCCN1C(C)C.CCC1CCN1C(C)C.CCC1CN1C(C)C. The Morgan fingerprint density at radius 3 is 0.632 bits per heavy atom. The third kappa shape index (κ3) is 37.0. The van der Waals surface area contributed by atoms with E-state index in [2.05, 4.69) is 257 Å². The van der Waals surface area contributed by atoms with Crippen LogP contribution in [0.2, 0.25) is 0 Å². The molecule has 0 aromatic carbocycles. The summed E-state index contributed by atoms with van der Waals surface area (Å²) in [6.07, 6.45) is 35.1. The lowest BCUT2D eigenvalue weighted by Crippen LogP contribution is -2.50. The second kappa shape index (κ2) is 51.7. The minimum atomic E-state index is 0.739. The normalized spacial score (nSPS) is 30.2. The van der Waals surface area contributed by atoms with Crippen molar-refractivity contribution in [2.75, 3.05) is 65.4 Å². The van der Waals surface area contributed by atoms with Crippen molar-refractivity contribution < 1.29 is 0 Å². The van der Waals surface area contributed by atoms with Crippen molar-refractivity contribution in [2.24, 2.45) is 0 Å². The van der Waals surface area contributed by atoms with Gasteiger partial charge in [-0.1, -0.05) is 73.1 Å². The fraction of sp³-hybridized carbons (Fsp3) is 1.00. The zero-order chi connectivity index (χ0) is 72.1. The smallest absolute Gasteiger partial charge is 0.0224 e. The van der Waals surface area contributed by atoms with Gasteiger partial charge in [-0.05, 0) is 334 Å². The first-order valence-corrected chi connectivity index (χ1v) is 42.4. The molecule has 0 bridgehead atoms. The van der Waals surface area contributed by atoms with Crippen LogP contribution in [0.4, 0.5) is 0 Å². The van der Waals surface area contributed by atoms with E-state index in [0.29, 0.717) is 0 Å². The number of hydrogen-bond acceptors (Lipinski definition) is 10. The van der Waals surface area contributed by atoms with Crippen LogP contribution in [0.1, 0.15) is 368 Å². The Morgan fingerprint density at radius 2 is 0.411 bits per heavy atom. The summed E-state index contributed by atoms with van der Waals surface area (Å²) in [7, 11) is 0. The van der Waals surface area contributed by atoms with E-state index in [1.54, 1.807) is 0 Å². The molecule has 0 aromatic rings. The molecule has 12 atom stereocenters. The molecule has 0 radical (unpaired) electrons. The van der Waals surface area contributed by atoms with Crippen molar-refractivity contribution in [1.29, 1.82) is 0 Å². The molecule has 12 unspecified atom stereocenters. The van der Waals surface area contributed by atoms with Gasteiger partial charge in [0.25, 0.3) is 0 Å². The average Bonchev–Trinajstić information content (AvgIpc) is 1.91. The van der Waals surface area contributed by atoms with Gasteiger partial charge in [-0.3, -0.25) is 49.0 Å². The van der Waals surface area contributed by atoms with E-state index in [9.17, 15) is 0 Å². The van der Waals surface area contributed by atoms with E-state index in [1.165, 1.54) is 226 Å². The lowest BCUT2D eigenvalue weighted by molar-refractivity contribution is 0.0542. The maximum absolute atomic E-state index is 2.69. The molecule has 0 aromatic heterocycles. The third-order valence-electron chi connectivity index (χ3n) is 23.8. The largest absolute Gasteiger partial charge is 0.298 e. The first kappa shape index (κ1) is 92.6. The molecule has 0 saturated carbocycles. The van der Waals surface area contributed by atoms with E-state index in [0.717, 1.165) is 121 Å². The molecule has 0 amide bonds.